The molecule has 0 aliphatic carbocycles. The van der Waals surface area contributed by atoms with Crippen LogP contribution in [0.2, 0.25) is 0 Å². The van der Waals surface area contributed by atoms with Gasteiger partial charge in [0.1, 0.15) is 0 Å². The molecular formula is C8H7BrFNO2. The number of alkyl halides is 1. The van der Waals surface area contributed by atoms with Gasteiger partial charge in [0.05, 0.1) is 4.92 Å². The van der Waals surface area contributed by atoms with Gasteiger partial charge in [-0.05, 0) is 12.5 Å². The average molecular weight is 248 g/mol. The molecule has 70 valence electrons. The highest BCUT2D eigenvalue weighted by Crippen LogP contribution is 2.24. The van der Waals surface area contributed by atoms with Crippen LogP contribution in [0.3, 0.4) is 0 Å². The van der Waals surface area contributed by atoms with Crippen LogP contribution in [0.1, 0.15) is 11.1 Å². The summed E-state index contributed by atoms with van der Waals surface area (Å²) in [4.78, 5) is 9.63. The molecule has 0 spiro atoms. The first-order chi connectivity index (χ1) is 6.07. The number of nitro benzene ring substituents is 1. The highest BCUT2D eigenvalue weighted by molar-refractivity contribution is 9.08. The Morgan fingerprint density at radius 1 is 1.62 bits per heavy atom. The first kappa shape index (κ1) is 10.1. The third kappa shape index (κ3) is 1.85. The molecule has 0 radical (unpaired) electrons. The van der Waals surface area contributed by atoms with E-state index >= 15 is 0 Å². The summed E-state index contributed by atoms with van der Waals surface area (Å²) in [6.07, 6.45) is 0. The highest BCUT2D eigenvalue weighted by atomic mass is 79.9. The number of hydrogen-bond donors (Lipinski definition) is 0. The van der Waals surface area contributed by atoms with Gasteiger partial charge in [-0.1, -0.05) is 22.0 Å². The molecule has 13 heavy (non-hydrogen) atoms. The maximum atomic E-state index is 13.3. The van der Waals surface area contributed by atoms with Crippen LogP contribution in [-0.4, -0.2) is 4.92 Å². The summed E-state index contributed by atoms with van der Waals surface area (Å²) < 4.78 is 13.3. The standard InChI is InChI=1S/C8H7BrFNO2/c1-5-2-3-7(11(12)13)8(10)6(5)4-9/h2-3H,4H2,1H3. The fourth-order valence-electron chi connectivity index (χ4n) is 1.01. The number of hydrogen-bond acceptors (Lipinski definition) is 2. The van der Waals surface area contributed by atoms with E-state index in [1.807, 2.05) is 0 Å². The van der Waals surface area contributed by atoms with Crippen molar-refractivity contribution in [3.05, 3.63) is 39.2 Å². The Bertz CT molecular complexity index is 354. The van der Waals surface area contributed by atoms with Gasteiger partial charge in [0.15, 0.2) is 0 Å². The third-order valence-corrected chi connectivity index (χ3v) is 2.35. The molecule has 1 aromatic rings. The predicted molar refractivity (Wildman–Crippen MR) is 50.4 cm³/mol. The molecule has 0 saturated heterocycles. The fourth-order valence-corrected chi connectivity index (χ4v) is 1.70. The first-order valence-electron chi connectivity index (χ1n) is 3.56. The van der Waals surface area contributed by atoms with Crippen molar-refractivity contribution in [1.82, 2.24) is 0 Å². The lowest BCUT2D eigenvalue weighted by atomic mass is 10.1. The number of nitrogens with zero attached hydrogens (tertiary/aromatic N) is 1. The molecule has 5 heteroatoms. The summed E-state index contributed by atoms with van der Waals surface area (Å²) in [5, 5.41) is 10.6. The SMILES string of the molecule is Cc1ccc([N+](=O)[O-])c(F)c1CBr. The predicted octanol–water partition coefficient (Wildman–Crippen LogP) is 2.94. The van der Waals surface area contributed by atoms with Gasteiger partial charge in [-0.25, -0.2) is 0 Å². The minimum absolute atomic E-state index is 0.284. The quantitative estimate of drug-likeness (QED) is 0.458. The zero-order valence-corrected chi connectivity index (χ0v) is 8.47. The van der Waals surface area contributed by atoms with Gasteiger partial charge in [-0.2, -0.15) is 4.39 Å². The number of aryl methyl sites for hydroxylation is 1. The van der Waals surface area contributed by atoms with Crippen molar-refractivity contribution in [2.24, 2.45) is 0 Å². The van der Waals surface area contributed by atoms with E-state index in [-0.39, 0.29) is 5.33 Å². The van der Waals surface area contributed by atoms with Crippen LogP contribution in [-0.2, 0) is 5.33 Å². The van der Waals surface area contributed by atoms with Gasteiger partial charge in [-0.3, -0.25) is 10.1 Å². The van der Waals surface area contributed by atoms with E-state index in [9.17, 15) is 14.5 Å². The van der Waals surface area contributed by atoms with Crippen LogP contribution < -0.4 is 0 Å². The van der Waals surface area contributed by atoms with Gasteiger partial charge < -0.3 is 0 Å². The zero-order valence-electron chi connectivity index (χ0n) is 6.88. The van der Waals surface area contributed by atoms with Crippen molar-refractivity contribution < 1.29 is 9.31 Å². The van der Waals surface area contributed by atoms with Crippen molar-refractivity contribution in [2.45, 2.75) is 12.3 Å². The van der Waals surface area contributed by atoms with Gasteiger partial charge in [0.25, 0.3) is 0 Å². The molecule has 1 aromatic carbocycles. The smallest absolute Gasteiger partial charge is 0.258 e. The van der Waals surface area contributed by atoms with E-state index in [0.717, 1.165) is 0 Å². The highest BCUT2D eigenvalue weighted by Gasteiger charge is 2.18. The summed E-state index contributed by atoms with van der Waals surface area (Å²) in [6, 6.07) is 2.72. The molecular weight excluding hydrogens is 241 g/mol. The topological polar surface area (TPSA) is 43.1 Å². The van der Waals surface area contributed by atoms with E-state index in [1.54, 1.807) is 6.92 Å². The summed E-state index contributed by atoms with van der Waals surface area (Å²) in [6.45, 7) is 1.71. The summed E-state index contributed by atoms with van der Waals surface area (Å²) in [5.74, 6) is -0.748. The number of halogens is 2. The van der Waals surface area contributed by atoms with Crippen LogP contribution in [0.15, 0.2) is 12.1 Å². The third-order valence-electron chi connectivity index (χ3n) is 1.79. The Labute approximate surface area is 82.8 Å². The number of nitro groups is 1. The molecule has 0 aliphatic heterocycles. The van der Waals surface area contributed by atoms with E-state index < -0.39 is 16.4 Å². The molecule has 0 atom stereocenters. The summed E-state index contributed by atoms with van der Waals surface area (Å²) in [5.41, 5.74) is 0.578. The zero-order chi connectivity index (χ0) is 10.0. The molecule has 1 rings (SSSR count). The largest absolute Gasteiger partial charge is 0.305 e. The van der Waals surface area contributed by atoms with Gasteiger partial charge >= 0.3 is 5.69 Å². The Kier molecular flexibility index (Phi) is 2.98. The normalized spacial score (nSPS) is 10.1. The van der Waals surface area contributed by atoms with Crippen molar-refractivity contribution >= 4 is 21.6 Å². The first-order valence-corrected chi connectivity index (χ1v) is 4.68. The second-order valence-corrected chi connectivity index (χ2v) is 3.15. The fraction of sp³-hybridized carbons (Fsp3) is 0.250. The Hall–Kier alpha value is -0.970. The minimum Gasteiger partial charge on any atom is -0.258 e. The molecule has 0 N–H and O–H groups in total. The van der Waals surface area contributed by atoms with E-state index in [2.05, 4.69) is 15.9 Å². The maximum Gasteiger partial charge on any atom is 0.305 e. The second-order valence-electron chi connectivity index (χ2n) is 2.58. The Morgan fingerprint density at radius 2 is 2.23 bits per heavy atom. The van der Waals surface area contributed by atoms with Crippen LogP contribution in [0.4, 0.5) is 10.1 Å². The maximum absolute atomic E-state index is 13.3. The van der Waals surface area contributed by atoms with Crippen molar-refractivity contribution in [3.8, 4) is 0 Å². The molecule has 0 bridgehead atoms. The molecule has 0 saturated carbocycles. The molecule has 0 unspecified atom stereocenters. The monoisotopic (exact) mass is 247 g/mol. The average Bonchev–Trinajstić information content (AvgIpc) is 2.04. The van der Waals surface area contributed by atoms with Crippen molar-refractivity contribution in [1.29, 1.82) is 0 Å². The van der Waals surface area contributed by atoms with Crippen molar-refractivity contribution in [2.75, 3.05) is 0 Å². The molecule has 0 amide bonds. The van der Waals surface area contributed by atoms with Gasteiger partial charge in [0, 0.05) is 17.0 Å². The van der Waals surface area contributed by atoms with Crippen LogP contribution >= 0.6 is 15.9 Å². The van der Waals surface area contributed by atoms with E-state index in [4.69, 9.17) is 0 Å². The molecule has 0 aromatic heterocycles. The van der Waals surface area contributed by atoms with E-state index in [0.29, 0.717) is 11.1 Å². The number of rotatable bonds is 2. The van der Waals surface area contributed by atoms with Crippen LogP contribution in [0.5, 0.6) is 0 Å². The van der Waals surface area contributed by atoms with Crippen molar-refractivity contribution in [3.63, 3.8) is 0 Å². The second kappa shape index (κ2) is 3.83. The lowest BCUT2D eigenvalue weighted by molar-refractivity contribution is -0.387. The lowest BCUT2D eigenvalue weighted by Gasteiger charge is -2.03. The van der Waals surface area contributed by atoms with E-state index in [1.165, 1.54) is 12.1 Å². The molecule has 0 fully saturated rings. The summed E-state index contributed by atoms with van der Waals surface area (Å²) in [7, 11) is 0. The Balaban J connectivity index is 3.35. The Morgan fingerprint density at radius 3 is 2.69 bits per heavy atom. The molecule has 0 aliphatic rings. The lowest BCUT2D eigenvalue weighted by Crippen LogP contribution is -1.98. The molecule has 3 nitrogen and oxygen atoms in total. The van der Waals surface area contributed by atoms with Gasteiger partial charge in [0.2, 0.25) is 5.82 Å². The number of benzene rings is 1. The summed E-state index contributed by atoms with van der Waals surface area (Å²) >= 11 is 3.08. The van der Waals surface area contributed by atoms with Crippen LogP contribution in [0, 0.1) is 22.9 Å². The van der Waals surface area contributed by atoms with Crippen LogP contribution in [0.25, 0.3) is 0 Å². The van der Waals surface area contributed by atoms with Gasteiger partial charge in [-0.15, -0.1) is 0 Å². The minimum atomic E-state index is -0.748. The molecule has 0 heterocycles.